The molecule has 2 aromatic heterocycles. The lowest BCUT2D eigenvalue weighted by atomic mass is 9.82. The fourth-order valence-electron chi connectivity index (χ4n) is 6.33. The van der Waals surface area contributed by atoms with Gasteiger partial charge in [0, 0.05) is 49.9 Å². The minimum absolute atomic E-state index is 0.0419. The van der Waals surface area contributed by atoms with Gasteiger partial charge in [0.25, 0.3) is 0 Å². The number of ether oxygens (including phenoxy) is 5. The van der Waals surface area contributed by atoms with Crippen LogP contribution < -0.4 is 4.74 Å². The first-order valence-corrected chi connectivity index (χ1v) is 19.5. The maximum atomic E-state index is 13.3. The monoisotopic (exact) mass is 640 g/mol. The number of para-hydroxylation sites is 1. The number of fused-ring (bicyclic) bond motifs is 3. The summed E-state index contributed by atoms with van der Waals surface area (Å²) in [6.07, 6.45) is 1.03. The second kappa shape index (κ2) is 13.8. The van der Waals surface area contributed by atoms with Crippen molar-refractivity contribution >= 4 is 25.2 Å². The molecule has 1 aromatic carbocycles. The summed E-state index contributed by atoms with van der Waals surface area (Å²) in [6, 6.07) is 10.4. The van der Waals surface area contributed by atoms with Gasteiger partial charge in [-0.3, -0.25) is 4.90 Å². The van der Waals surface area contributed by atoms with Crippen LogP contribution in [-0.4, -0.2) is 90.3 Å². The zero-order chi connectivity index (χ0) is 32.4. The molecule has 0 radical (unpaired) electrons. The van der Waals surface area contributed by atoms with Gasteiger partial charge in [-0.25, -0.2) is 4.79 Å². The van der Waals surface area contributed by atoms with Crippen LogP contribution in [-0.2, 0) is 32.3 Å². The number of carbonyl (C=O) groups excluding carboxylic acids is 1. The molecule has 3 atom stereocenters. The van der Waals surface area contributed by atoms with Gasteiger partial charge in [-0.15, -0.1) is 10.2 Å². The average Bonchev–Trinajstić information content (AvgIpc) is 3.28. The molecule has 1 amide bonds. The van der Waals surface area contributed by atoms with Crippen LogP contribution in [0, 0.1) is 0 Å². The third-order valence-corrected chi connectivity index (χ3v) is 10.0. The molecule has 5 rings (SSSR count). The standard InChI is InChI=1S/C33H48N4O7Si/c1-33(2,3)44-32(39)37-23-14-22(15-24(37)19-42-18-23)30-27(17-38)26-16-28(25-10-8-9-11-29(25)43-21-40-4)34-35-31(26)36(30)20-41-12-13-45(5,6)7/h8-11,16,22-24,38H,12-15,17-21H2,1-7H3/t22?,23-,24+. The van der Waals surface area contributed by atoms with Gasteiger partial charge in [0.2, 0.25) is 0 Å². The number of amides is 1. The summed E-state index contributed by atoms with van der Waals surface area (Å²) in [5.74, 6) is 0.676. The van der Waals surface area contributed by atoms with Crippen molar-refractivity contribution in [1.29, 1.82) is 0 Å². The predicted molar refractivity (Wildman–Crippen MR) is 174 cm³/mol. The highest BCUT2D eigenvalue weighted by atomic mass is 28.3. The minimum atomic E-state index is -1.29. The fraction of sp³-hybridized carbons (Fsp3) is 0.606. The molecule has 0 saturated carbocycles. The van der Waals surface area contributed by atoms with Gasteiger partial charge in [-0.1, -0.05) is 31.8 Å². The second-order valence-corrected chi connectivity index (χ2v) is 19.8. The van der Waals surface area contributed by atoms with E-state index in [1.807, 2.05) is 56.0 Å². The molecule has 2 aliphatic rings. The van der Waals surface area contributed by atoms with E-state index in [1.165, 1.54) is 0 Å². The summed E-state index contributed by atoms with van der Waals surface area (Å²) in [5.41, 5.74) is 3.29. The Balaban J connectivity index is 1.54. The molecular formula is C33H48N4O7Si. The van der Waals surface area contributed by atoms with Gasteiger partial charge in [-0.05, 0) is 57.9 Å². The van der Waals surface area contributed by atoms with Crippen molar-refractivity contribution < 1.29 is 33.6 Å². The number of rotatable bonds is 11. The van der Waals surface area contributed by atoms with E-state index in [0.717, 1.165) is 28.3 Å². The molecular weight excluding hydrogens is 592 g/mol. The summed E-state index contributed by atoms with van der Waals surface area (Å²) < 4.78 is 31.0. The van der Waals surface area contributed by atoms with Gasteiger partial charge in [0.05, 0.1) is 37.6 Å². The molecule has 2 saturated heterocycles. The highest BCUT2D eigenvalue weighted by Gasteiger charge is 2.45. The van der Waals surface area contributed by atoms with Crippen LogP contribution in [0.25, 0.3) is 22.3 Å². The topological polar surface area (TPSA) is 117 Å². The number of aliphatic hydroxyl groups is 1. The van der Waals surface area contributed by atoms with Gasteiger partial charge in [0.15, 0.2) is 12.4 Å². The number of aliphatic hydroxyl groups excluding tert-OH is 1. The number of carbonyl (C=O) groups is 1. The molecule has 0 spiro atoms. The summed E-state index contributed by atoms with van der Waals surface area (Å²) in [4.78, 5) is 15.1. The maximum Gasteiger partial charge on any atom is 0.410 e. The summed E-state index contributed by atoms with van der Waals surface area (Å²) in [7, 11) is 0.285. The third kappa shape index (κ3) is 7.69. The van der Waals surface area contributed by atoms with Crippen LogP contribution in [0.5, 0.6) is 5.75 Å². The van der Waals surface area contributed by atoms with E-state index in [4.69, 9.17) is 28.8 Å². The first kappa shape index (κ1) is 33.3. The number of morpholine rings is 1. The summed E-state index contributed by atoms with van der Waals surface area (Å²) >= 11 is 0. The van der Waals surface area contributed by atoms with Crippen LogP contribution in [0.1, 0.15) is 50.8 Å². The Hall–Kier alpha value is -3.03. The maximum absolute atomic E-state index is 13.3. The first-order chi connectivity index (χ1) is 21.4. The number of nitrogens with zero attached hydrogens (tertiary/aromatic N) is 4. The van der Waals surface area contributed by atoms with Crippen molar-refractivity contribution in [3.63, 3.8) is 0 Å². The van der Waals surface area contributed by atoms with Crippen molar-refractivity contribution in [3.05, 3.63) is 41.6 Å². The SMILES string of the molecule is COCOc1ccccc1-c1cc2c(CO)c(C3C[C@H]4COC[C@@H](C3)N4C(=O)OC(C)(C)C)n(COCC[Si](C)(C)C)c2nn1. The van der Waals surface area contributed by atoms with E-state index < -0.39 is 13.7 Å². The van der Waals surface area contributed by atoms with Crippen molar-refractivity contribution in [3.8, 4) is 17.0 Å². The van der Waals surface area contributed by atoms with Crippen molar-refractivity contribution in [2.24, 2.45) is 0 Å². The number of aromatic nitrogens is 3. The Morgan fingerprint density at radius 3 is 2.47 bits per heavy atom. The Morgan fingerprint density at radius 2 is 1.82 bits per heavy atom. The zero-order valence-corrected chi connectivity index (χ0v) is 28.7. The Labute approximate surface area is 266 Å². The minimum Gasteiger partial charge on any atom is -0.467 e. The molecule has 11 nitrogen and oxygen atoms in total. The number of benzene rings is 1. The van der Waals surface area contributed by atoms with Gasteiger partial charge in [-0.2, -0.15) is 0 Å². The molecule has 246 valence electrons. The summed E-state index contributed by atoms with van der Waals surface area (Å²) in [5, 5.41) is 21.1. The number of piperidine rings is 1. The molecule has 12 heteroatoms. The van der Waals surface area contributed by atoms with Gasteiger partial charge < -0.3 is 33.4 Å². The molecule has 4 heterocycles. The average molecular weight is 641 g/mol. The van der Waals surface area contributed by atoms with Crippen LogP contribution in [0.4, 0.5) is 4.79 Å². The molecule has 1 N–H and O–H groups in total. The molecule has 2 aliphatic heterocycles. The van der Waals surface area contributed by atoms with E-state index in [1.54, 1.807) is 7.11 Å². The number of hydrogen-bond acceptors (Lipinski definition) is 9. The van der Waals surface area contributed by atoms with Crippen LogP contribution in [0.3, 0.4) is 0 Å². The molecule has 3 aromatic rings. The highest BCUT2D eigenvalue weighted by molar-refractivity contribution is 6.76. The van der Waals surface area contributed by atoms with Gasteiger partial charge in [0.1, 0.15) is 18.1 Å². The van der Waals surface area contributed by atoms with E-state index in [0.29, 0.717) is 56.5 Å². The Kier molecular flexibility index (Phi) is 10.2. The Bertz CT molecular complexity index is 1470. The normalized spacial score (nSPS) is 20.4. The molecule has 2 fully saturated rings. The van der Waals surface area contributed by atoms with Crippen LogP contribution in [0.2, 0.25) is 25.7 Å². The number of hydrogen-bond donors (Lipinski definition) is 1. The zero-order valence-electron chi connectivity index (χ0n) is 27.7. The first-order valence-electron chi connectivity index (χ1n) is 15.8. The molecule has 1 unspecified atom stereocenters. The largest absolute Gasteiger partial charge is 0.467 e. The second-order valence-electron chi connectivity index (χ2n) is 14.2. The van der Waals surface area contributed by atoms with Crippen LogP contribution >= 0.6 is 0 Å². The van der Waals surface area contributed by atoms with E-state index in [2.05, 4.69) is 29.3 Å². The molecule has 45 heavy (non-hydrogen) atoms. The molecule has 2 bridgehead atoms. The lowest BCUT2D eigenvalue weighted by Gasteiger charge is -2.48. The van der Waals surface area contributed by atoms with E-state index in [-0.39, 0.29) is 37.5 Å². The smallest absolute Gasteiger partial charge is 0.410 e. The van der Waals surface area contributed by atoms with Crippen molar-refractivity contribution in [2.75, 3.05) is 33.7 Å². The lowest BCUT2D eigenvalue weighted by molar-refractivity contribution is -0.0832. The summed E-state index contributed by atoms with van der Waals surface area (Å²) in [6.45, 7) is 14.4. The quantitative estimate of drug-likeness (QED) is 0.158. The van der Waals surface area contributed by atoms with E-state index in [9.17, 15) is 9.90 Å². The fourth-order valence-corrected chi connectivity index (χ4v) is 7.09. The third-order valence-electron chi connectivity index (χ3n) is 8.34. The molecule has 0 aliphatic carbocycles. The highest BCUT2D eigenvalue weighted by Crippen LogP contribution is 2.43. The Morgan fingerprint density at radius 1 is 1.11 bits per heavy atom. The van der Waals surface area contributed by atoms with Crippen molar-refractivity contribution in [2.45, 2.75) is 96.2 Å². The van der Waals surface area contributed by atoms with Gasteiger partial charge >= 0.3 is 6.09 Å². The number of methoxy groups -OCH3 is 1. The van der Waals surface area contributed by atoms with Crippen LogP contribution in [0.15, 0.2) is 30.3 Å². The van der Waals surface area contributed by atoms with Crippen molar-refractivity contribution in [1.82, 2.24) is 19.7 Å². The lowest BCUT2D eigenvalue weighted by Crippen LogP contribution is -2.59. The predicted octanol–water partition coefficient (Wildman–Crippen LogP) is 5.77. The van der Waals surface area contributed by atoms with E-state index >= 15 is 0 Å².